The summed E-state index contributed by atoms with van der Waals surface area (Å²) in [6.45, 7) is 3.26. The lowest BCUT2D eigenvalue weighted by Crippen LogP contribution is -2.35. The van der Waals surface area contributed by atoms with E-state index in [4.69, 9.17) is 5.11 Å². The quantitative estimate of drug-likeness (QED) is 0.437. The van der Waals surface area contributed by atoms with Gasteiger partial charge in [-0.15, -0.1) is 0 Å². The standard InChI is InChI=1S/C28H28F3N3O3/c1-18-4-3-5-23(26(18)20-6-8-21(9-7-20)28(29,30)31)27(37)33(2)22-10-11-24(32-17-22)34-14-12-19(13-15-34)16-25(35)36/h3-11,17,19H,12-16H2,1-2H3,(H,35,36). The largest absolute Gasteiger partial charge is 0.481 e. The van der Waals surface area contributed by atoms with Crippen molar-refractivity contribution in [3.8, 4) is 11.1 Å². The van der Waals surface area contributed by atoms with Crippen LogP contribution in [0, 0.1) is 12.8 Å². The van der Waals surface area contributed by atoms with Crippen LogP contribution in [0.3, 0.4) is 0 Å². The molecule has 2 heterocycles. The van der Waals surface area contributed by atoms with Gasteiger partial charge in [-0.2, -0.15) is 13.2 Å². The number of carbonyl (C=O) groups is 2. The third kappa shape index (κ3) is 5.93. The summed E-state index contributed by atoms with van der Waals surface area (Å²) in [7, 11) is 1.63. The number of halogens is 3. The van der Waals surface area contributed by atoms with Crippen molar-refractivity contribution in [3.63, 3.8) is 0 Å². The van der Waals surface area contributed by atoms with Crippen LogP contribution in [0.25, 0.3) is 11.1 Å². The number of carboxylic acid groups (broad SMARTS) is 1. The number of benzene rings is 2. The molecule has 1 fully saturated rings. The van der Waals surface area contributed by atoms with Gasteiger partial charge < -0.3 is 14.9 Å². The van der Waals surface area contributed by atoms with Crippen LogP contribution < -0.4 is 9.80 Å². The molecule has 0 unspecified atom stereocenters. The van der Waals surface area contributed by atoms with E-state index >= 15 is 0 Å². The van der Waals surface area contributed by atoms with Crippen LogP contribution >= 0.6 is 0 Å². The monoisotopic (exact) mass is 511 g/mol. The fraction of sp³-hybridized carbons (Fsp3) is 0.321. The Hall–Kier alpha value is -3.88. The van der Waals surface area contributed by atoms with Gasteiger partial charge in [-0.3, -0.25) is 9.59 Å². The Balaban J connectivity index is 1.52. The number of anilines is 2. The summed E-state index contributed by atoms with van der Waals surface area (Å²) in [6.07, 6.45) is -1.07. The zero-order valence-corrected chi connectivity index (χ0v) is 20.6. The van der Waals surface area contributed by atoms with Crippen molar-refractivity contribution in [2.45, 2.75) is 32.4 Å². The summed E-state index contributed by atoms with van der Waals surface area (Å²) in [5.74, 6) is -0.143. The predicted octanol–water partition coefficient (Wildman–Crippen LogP) is 6.04. The van der Waals surface area contributed by atoms with Gasteiger partial charge in [-0.1, -0.05) is 24.3 Å². The van der Waals surface area contributed by atoms with Crippen molar-refractivity contribution >= 4 is 23.4 Å². The number of aryl methyl sites for hydroxylation is 1. The number of aromatic nitrogens is 1. The fourth-order valence-corrected chi connectivity index (χ4v) is 4.73. The second kappa shape index (κ2) is 10.6. The van der Waals surface area contributed by atoms with E-state index in [9.17, 15) is 22.8 Å². The second-order valence-electron chi connectivity index (χ2n) is 9.34. The molecule has 1 aliphatic rings. The van der Waals surface area contributed by atoms with Gasteiger partial charge in [0, 0.05) is 32.1 Å². The molecule has 2 aromatic carbocycles. The molecule has 9 heteroatoms. The van der Waals surface area contributed by atoms with Gasteiger partial charge in [-0.05, 0) is 72.7 Å². The second-order valence-corrected chi connectivity index (χ2v) is 9.34. The van der Waals surface area contributed by atoms with Gasteiger partial charge in [0.1, 0.15) is 5.82 Å². The maximum Gasteiger partial charge on any atom is 0.416 e. The van der Waals surface area contributed by atoms with Crippen molar-refractivity contribution in [1.82, 2.24) is 4.98 Å². The molecule has 194 valence electrons. The average Bonchev–Trinajstić information content (AvgIpc) is 2.87. The molecular weight excluding hydrogens is 483 g/mol. The Morgan fingerprint density at radius 3 is 2.30 bits per heavy atom. The van der Waals surface area contributed by atoms with Crippen molar-refractivity contribution in [2.75, 3.05) is 29.9 Å². The maximum atomic E-state index is 13.5. The van der Waals surface area contributed by atoms with Crippen molar-refractivity contribution in [3.05, 3.63) is 77.5 Å². The minimum atomic E-state index is -4.43. The first-order valence-corrected chi connectivity index (χ1v) is 12.0. The molecule has 0 aliphatic carbocycles. The van der Waals surface area contributed by atoms with Gasteiger partial charge in [0.25, 0.3) is 5.91 Å². The zero-order valence-electron chi connectivity index (χ0n) is 20.6. The molecule has 6 nitrogen and oxygen atoms in total. The third-order valence-electron chi connectivity index (χ3n) is 6.83. The molecule has 1 aromatic heterocycles. The van der Waals surface area contributed by atoms with E-state index < -0.39 is 17.7 Å². The number of hydrogen-bond donors (Lipinski definition) is 1. The molecule has 0 radical (unpaired) electrons. The molecule has 1 N–H and O–H groups in total. The third-order valence-corrected chi connectivity index (χ3v) is 6.83. The van der Waals surface area contributed by atoms with Crippen LogP contribution in [-0.4, -0.2) is 42.1 Å². The Bertz CT molecular complexity index is 1270. The molecule has 0 spiro atoms. The van der Waals surface area contributed by atoms with E-state index in [0.717, 1.165) is 49.4 Å². The van der Waals surface area contributed by atoms with Crippen molar-refractivity contribution in [2.24, 2.45) is 5.92 Å². The van der Waals surface area contributed by atoms with Crippen LogP contribution in [0.1, 0.15) is 40.7 Å². The van der Waals surface area contributed by atoms with E-state index in [1.54, 1.807) is 31.4 Å². The topological polar surface area (TPSA) is 73.7 Å². The van der Waals surface area contributed by atoms with Gasteiger partial charge in [0.05, 0.1) is 17.4 Å². The Morgan fingerprint density at radius 2 is 1.73 bits per heavy atom. The lowest BCUT2D eigenvalue weighted by molar-refractivity contribution is -0.138. The maximum absolute atomic E-state index is 13.5. The number of nitrogens with zero attached hydrogens (tertiary/aromatic N) is 3. The molecule has 1 amide bonds. The first-order chi connectivity index (χ1) is 17.5. The summed E-state index contributed by atoms with van der Waals surface area (Å²) in [4.78, 5) is 32.5. The van der Waals surface area contributed by atoms with Crippen molar-refractivity contribution in [1.29, 1.82) is 0 Å². The number of carboxylic acids is 1. The number of piperidine rings is 1. The van der Waals surface area contributed by atoms with Crippen LogP contribution in [0.15, 0.2) is 60.8 Å². The molecule has 1 aliphatic heterocycles. The van der Waals surface area contributed by atoms with Crippen molar-refractivity contribution < 1.29 is 27.9 Å². The predicted molar refractivity (Wildman–Crippen MR) is 136 cm³/mol. The molecule has 37 heavy (non-hydrogen) atoms. The van der Waals surface area contributed by atoms with Gasteiger partial charge >= 0.3 is 12.1 Å². The fourth-order valence-electron chi connectivity index (χ4n) is 4.73. The van der Waals surface area contributed by atoms with Gasteiger partial charge in [-0.25, -0.2) is 4.98 Å². The molecule has 0 saturated carbocycles. The minimum Gasteiger partial charge on any atom is -0.481 e. The van der Waals surface area contributed by atoms with Gasteiger partial charge in [0.2, 0.25) is 0 Å². The summed E-state index contributed by atoms with van der Waals surface area (Å²) in [5.41, 5.74) is 2.11. The number of rotatable bonds is 6. The van der Waals surface area contributed by atoms with Crippen LogP contribution in [0.2, 0.25) is 0 Å². The van der Waals surface area contributed by atoms with E-state index in [2.05, 4.69) is 9.88 Å². The Labute approximate surface area is 213 Å². The number of alkyl halides is 3. The zero-order chi connectivity index (χ0) is 26.7. The SMILES string of the molecule is Cc1cccc(C(=O)N(C)c2ccc(N3CCC(CC(=O)O)CC3)nc2)c1-c1ccc(C(F)(F)F)cc1. The number of amides is 1. The minimum absolute atomic E-state index is 0.171. The lowest BCUT2D eigenvalue weighted by atomic mass is 9.93. The van der Waals surface area contributed by atoms with E-state index in [0.29, 0.717) is 22.4 Å². The molecule has 1 saturated heterocycles. The Kier molecular flexibility index (Phi) is 7.52. The lowest BCUT2D eigenvalue weighted by Gasteiger charge is -2.32. The molecule has 3 aromatic rings. The van der Waals surface area contributed by atoms with Crippen LogP contribution in [-0.2, 0) is 11.0 Å². The summed E-state index contributed by atoms with van der Waals surface area (Å²) < 4.78 is 39.1. The highest BCUT2D eigenvalue weighted by Gasteiger charge is 2.30. The smallest absolute Gasteiger partial charge is 0.416 e. The first-order valence-electron chi connectivity index (χ1n) is 12.0. The first kappa shape index (κ1) is 26.2. The highest BCUT2D eigenvalue weighted by molar-refractivity contribution is 6.10. The Morgan fingerprint density at radius 1 is 1.05 bits per heavy atom. The van der Waals surface area contributed by atoms with Crippen LogP contribution in [0.5, 0.6) is 0 Å². The number of aliphatic carboxylic acids is 1. The average molecular weight is 512 g/mol. The highest BCUT2D eigenvalue weighted by Crippen LogP contribution is 2.34. The normalized spacial score (nSPS) is 14.5. The number of pyridine rings is 1. The molecule has 0 bridgehead atoms. The summed E-state index contributed by atoms with van der Waals surface area (Å²) in [6, 6.07) is 13.7. The van der Waals surface area contributed by atoms with E-state index in [1.807, 2.05) is 19.1 Å². The van der Waals surface area contributed by atoms with Gasteiger partial charge in [0.15, 0.2) is 0 Å². The highest BCUT2D eigenvalue weighted by atomic mass is 19.4. The number of carbonyl (C=O) groups excluding carboxylic acids is 1. The molecular formula is C28H28F3N3O3. The molecule has 0 atom stereocenters. The number of hydrogen-bond acceptors (Lipinski definition) is 4. The molecule has 4 rings (SSSR count). The summed E-state index contributed by atoms with van der Waals surface area (Å²) >= 11 is 0. The van der Waals surface area contributed by atoms with Crippen LogP contribution in [0.4, 0.5) is 24.7 Å². The summed E-state index contributed by atoms with van der Waals surface area (Å²) in [5, 5.41) is 9.00. The van der Waals surface area contributed by atoms with E-state index in [-0.39, 0.29) is 18.2 Å². The van der Waals surface area contributed by atoms with E-state index in [1.165, 1.54) is 17.0 Å².